The molecule has 3 atom stereocenters. The van der Waals surface area contributed by atoms with Gasteiger partial charge in [0.05, 0.1) is 24.4 Å². The van der Waals surface area contributed by atoms with Crippen LogP contribution in [-0.4, -0.2) is 77.6 Å². The first-order valence-corrected chi connectivity index (χ1v) is 12.2. The Morgan fingerprint density at radius 3 is 2.71 bits per heavy atom. The molecule has 8 nitrogen and oxygen atoms in total. The zero-order valence-corrected chi connectivity index (χ0v) is 19.4. The molecular weight excluding hydrogens is 432 g/mol. The third-order valence-electron chi connectivity index (χ3n) is 6.94. The summed E-state index contributed by atoms with van der Waals surface area (Å²) in [4.78, 5) is 35.1. The van der Waals surface area contributed by atoms with E-state index in [2.05, 4.69) is 15.2 Å². The van der Waals surface area contributed by atoms with Crippen LogP contribution in [0.1, 0.15) is 41.6 Å². The summed E-state index contributed by atoms with van der Waals surface area (Å²) in [5.74, 6) is 0.275. The number of hydrogen-bond acceptors (Lipinski definition) is 6. The summed E-state index contributed by atoms with van der Waals surface area (Å²) < 4.78 is 12.3. The Balaban J connectivity index is 1.40. The first-order valence-electron chi connectivity index (χ1n) is 12.2. The standard InChI is InChI=1S/C26H32N4O4/c31-25-23-18-29(17-19-8-11-27-12-9-19)13-14-30(23)26(32)22-6-1-2-7-24(22)33-15-10-20-4-3-5-21(34-20)16-28-25/h1-2,6-9,11-12,20-21,23H,3-5,10,13-18H2,(H,28,31)/t20-,21-,23-/m0/s1. The average molecular weight is 465 g/mol. The number of amides is 2. The number of fused-ring (bicyclic) bond motifs is 4. The van der Waals surface area contributed by atoms with Crippen LogP contribution >= 0.6 is 0 Å². The number of carbonyl (C=O) groups is 2. The lowest BCUT2D eigenvalue weighted by Crippen LogP contribution is -2.61. The van der Waals surface area contributed by atoms with Crippen molar-refractivity contribution in [2.24, 2.45) is 0 Å². The predicted molar refractivity (Wildman–Crippen MR) is 126 cm³/mol. The monoisotopic (exact) mass is 464 g/mol. The number of carbonyl (C=O) groups excluding carboxylic acids is 2. The van der Waals surface area contributed by atoms with Crippen LogP contribution in [0, 0.1) is 0 Å². The minimum atomic E-state index is -0.585. The third kappa shape index (κ3) is 5.23. The second-order valence-corrected chi connectivity index (χ2v) is 9.29. The average Bonchev–Trinajstić information content (AvgIpc) is 2.87. The van der Waals surface area contributed by atoms with Gasteiger partial charge in [-0.05, 0) is 49.1 Å². The lowest BCUT2D eigenvalue weighted by molar-refractivity contribution is -0.129. The van der Waals surface area contributed by atoms with Gasteiger partial charge in [-0.1, -0.05) is 12.1 Å². The fourth-order valence-electron chi connectivity index (χ4n) is 5.10. The van der Waals surface area contributed by atoms with Crippen molar-refractivity contribution in [3.05, 3.63) is 59.9 Å². The van der Waals surface area contributed by atoms with Gasteiger partial charge in [-0.25, -0.2) is 0 Å². The first-order chi connectivity index (χ1) is 16.7. The number of rotatable bonds is 2. The zero-order chi connectivity index (χ0) is 23.3. The number of para-hydroxylation sites is 1. The van der Waals surface area contributed by atoms with Crippen LogP contribution in [-0.2, 0) is 16.1 Å². The van der Waals surface area contributed by atoms with E-state index in [0.717, 1.165) is 31.2 Å². The summed E-state index contributed by atoms with van der Waals surface area (Å²) in [6.07, 6.45) is 7.44. The number of nitrogens with zero attached hydrogens (tertiary/aromatic N) is 3. The molecular formula is C26H32N4O4. The smallest absolute Gasteiger partial charge is 0.258 e. The molecule has 0 unspecified atom stereocenters. The minimum Gasteiger partial charge on any atom is -0.493 e. The molecule has 4 heterocycles. The predicted octanol–water partition coefficient (Wildman–Crippen LogP) is 2.24. The molecule has 3 aliphatic rings. The first kappa shape index (κ1) is 22.8. The molecule has 1 N–H and O–H groups in total. The van der Waals surface area contributed by atoms with Crippen molar-refractivity contribution in [1.82, 2.24) is 20.1 Å². The molecule has 2 bridgehead atoms. The molecule has 2 amide bonds. The lowest BCUT2D eigenvalue weighted by Gasteiger charge is -2.41. The number of piperazine rings is 1. The van der Waals surface area contributed by atoms with Gasteiger partial charge in [0.2, 0.25) is 5.91 Å². The normalized spacial score (nSPS) is 26.5. The van der Waals surface area contributed by atoms with Crippen LogP contribution < -0.4 is 10.1 Å². The van der Waals surface area contributed by atoms with Crippen LogP contribution in [0.2, 0.25) is 0 Å². The highest BCUT2D eigenvalue weighted by atomic mass is 16.5. The van der Waals surface area contributed by atoms with Crippen molar-refractivity contribution in [1.29, 1.82) is 0 Å². The van der Waals surface area contributed by atoms with Crippen LogP contribution in [0.5, 0.6) is 5.75 Å². The van der Waals surface area contributed by atoms with Gasteiger partial charge in [-0.15, -0.1) is 0 Å². The van der Waals surface area contributed by atoms with E-state index in [1.165, 1.54) is 0 Å². The molecule has 180 valence electrons. The molecule has 8 heteroatoms. The lowest BCUT2D eigenvalue weighted by atomic mass is 10.0. The van der Waals surface area contributed by atoms with E-state index in [-0.39, 0.29) is 24.0 Å². The van der Waals surface area contributed by atoms with E-state index in [4.69, 9.17) is 9.47 Å². The molecule has 0 radical (unpaired) electrons. The van der Waals surface area contributed by atoms with E-state index in [1.54, 1.807) is 23.4 Å². The van der Waals surface area contributed by atoms with Crippen LogP contribution in [0.4, 0.5) is 0 Å². The van der Waals surface area contributed by atoms with Gasteiger partial charge in [-0.2, -0.15) is 0 Å². The van der Waals surface area contributed by atoms with Crippen LogP contribution in [0.15, 0.2) is 48.8 Å². The number of aromatic nitrogens is 1. The summed E-state index contributed by atoms with van der Waals surface area (Å²) in [7, 11) is 0. The van der Waals surface area contributed by atoms with E-state index < -0.39 is 6.04 Å². The van der Waals surface area contributed by atoms with E-state index in [9.17, 15) is 9.59 Å². The Labute approximate surface area is 200 Å². The maximum absolute atomic E-state index is 13.7. The van der Waals surface area contributed by atoms with Crippen molar-refractivity contribution in [3.8, 4) is 5.75 Å². The van der Waals surface area contributed by atoms with Gasteiger partial charge >= 0.3 is 0 Å². The van der Waals surface area contributed by atoms with E-state index >= 15 is 0 Å². The number of pyridine rings is 1. The quantitative estimate of drug-likeness (QED) is 0.734. The van der Waals surface area contributed by atoms with Crippen molar-refractivity contribution < 1.29 is 19.1 Å². The van der Waals surface area contributed by atoms with Gasteiger partial charge in [0, 0.05) is 51.5 Å². The van der Waals surface area contributed by atoms with Crippen LogP contribution in [0.3, 0.4) is 0 Å². The topological polar surface area (TPSA) is 84.0 Å². The largest absolute Gasteiger partial charge is 0.493 e. The fraction of sp³-hybridized carbons (Fsp3) is 0.500. The van der Waals surface area contributed by atoms with Gasteiger partial charge in [-0.3, -0.25) is 19.5 Å². The number of benzene rings is 1. The number of nitrogens with one attached hydrogen (secondary N) is 1. The SMILES string of the molecule is O=C1NC[C@@H]2CCC[C@@H](CCOc3ccccc3C(=O)N3CCN(Cc4ccncc4)C[C@@H]13)O2. The molecule has 0 spiro atoms. The van der Waals surface area contributed by atoms with Crippen molar-refractivity contribution in [2.75, 3.05) is 32.8 Å². The summed E-state index contributed by atoms with van der Waals surface area (Å²) in [5, 5.41) is 3.09. The van der Waals surface area contributed by atoms with Gasteiger partial charge < -0.3 is 19.7 Å². The molecule has 2 saturated heterocycles. The maximum Gasteiger partial charge on any atom is 0.258 e. The Bertz CT molecular complexity index is 1000. The zero-order valence-electron chi connectivity index (χ0n) is 19.4. The second kappa shape index (κ2) is 10.5. The van der Waals surface area contributed by atoms with Crippen molar-refractivity contribution in [3.63, 3.8) is 0 Å². The van der Waals surface area contributed by atoms with E-state index in [1.807, 2.05) is 30.3 Å². The Morgan fingerprint density at radius 1 is 1.00 bits per heavy atom. The fourth-order valence-corrected chi connectivity index (χ4v) is 5.10. The molecule has 0 aliphatic carbocycles. The highest BCUT2D eigenvalue weighted by Gasteiger charge is 2.37. The highest BCUT2D eigenvalue weighted by molar-refractivity contribution is 6.00. The van der Waals surface area contributed by atoms with Gasteiger partial charge in [0.25, 0.3) is 5.91 Å². The number of hydrogen-bond donors (Lipinski definition) is 1. The third-order valence-corrected chi connectivity index (χ3v) is 6.94. The highest BCUT2D eigenvalue weighted by Crippen LogP contribution is 2.26. The molecule has 3 aliphatic heterocycles. The minimum absolute atomic E-state index is 0.00130. The number of ether oxygens (including phenoxy) is 2. The molecule has 5 rings (SSSR count). The van der Waals surface area contributed by atoms with Gasteiger partial charge in [0.1, 0.15) is 11.8 Å². The summed E-state index contributed by atoms with van der Waals surface area (Å²) in [6, 6.07) is 10.7. The van der Waals surface area contributed by atoms with Crippen molar-refractivity contribution >= 4 is 11.8 Å². The van der Waals surface area contributed by atoms with E-state index in [0.29, 0.717) is 50.6 Å². The van der Waals surface area contributed by atoms with Crippen LogP contribution in [0.25, 0.3) is 0 Å². The molecule has 0 saturated carbocycles. The summed E-state index contributed by atoms with van der Waals surface area (Å²) >= 11 is 0. The summed E-state index contributed by atoms with van der Waals surface area (Å²) in [6.45, 7) is 3.30. The Morgan fingerprint density at radius 2 is 1.82 bits per heavy atom. The maximum atomic E-state index is 13.7. The Hall–Kier alpha value is -2.97. The molecule has 1 aromatic heterocycles. The van der Waals surface area contributed by atoms with Gasteiger partial charge in [0.15, 0.2) is 0 Å². The molecule has 2 fully saturated rings. The molecule has 34 heavy (non-hydrogen) atoms. The van der Waals surface area contributed by atoms with Crippen molar-refractivity contribution in [2.45, 2.75) is 50.5 Å². The molecule has 2 aromatic rings. The second-order valence-electron chi connectivity index (χ2n) is 9.29. The molecule has 1 aromatic carbocycles. The Kier molecular flexibility index (Phi) is 7.06. The summed E-state index contributed by atoms with van der Waals surface area (Å²) in [5.41, 5.74) is 1.64.